The highest BCUT2D eigenvalue weighted by molar-refractivity contribution is 6.31. The lowest BCUT2D eigenvalue weighted by molar-refractivity contribution is -0.126. The Kier molecular flexibility index (Phi) is 4.62. The monoisotopic (exact) mass is 315 g/mol. The van der Waals surface area contributed by atoms with Crippen LogP contribution in [0.1, 0.15) is 37.3 Å². The van der Waals surface area contributed by atoms with E-state index in [-0.39, 0.29) is 5.78 Å². The number of aryl methyl sites for hydroxylation is 1. The van der Waals surface area contributed by atoms with Gasteiger partial charge in [0.15, 0.2) is 5.78 Å². The van der Waals surface area contributed by atoms with Gasteiger partial charge in [-0.25, -0.2) is 0 Å². The number of hydrogen-bond acceptors (Lipinski definition) is 2. The molecule has 0 saturated carbocycles. The largest absolute Gasteiger partial charge is 0.399 e. The summed E-state index contributed by atoms with van der Waals surface area (Å²) < 4.78 is 0. The lowest BCUT2D eigenvalue weighted by atomic mass is 9.85. The van der Waals surface area contributed by atoms with E-state index in [1.807, 2.05) is 64.1 Å². The molecule has 0 bridgehead atoms. The summed E-state index contributed by atoms with van der Waals surface area (Å²) in [5, 5.41) is -0.616. The van der Waals surface area contributed by atoms with Crippen molar-refractivity contribution in [3.63, 3.8) is 0 Å². The van der Waals surface area contributed by atoms with Crippen LogP contribution in [0.5, 0.6) is 0 Å². The molecule has 2 rings (SSSR count). The second-order valence-electron chi connectivity index (χ2n) is 6.67. The first-order chi connectivity index (χ1) is 10.2. The molecule has 2 N–H and O–H groups in total. The van der Waals surface area contributed by atoms with Crippen LogP contribution in [0.2, 0.25) is 0 Å². The van der Waals surface area contributed by atoms with E-state index in [9.17, 15) is 4.79 Å². The normalized spacial score (nSPS) is 13.0. The number of carbonyl (C=O) groups is 1. The van der Waals surface area contributed by atoms with E-state index in [0.717, 1.165) is 27.9 Å². The Bertz CT molecular complexity index is 701. The number of rotatable bonds is 3. The van der Waals surface area contributed by atoms with Crippen molar-refractivity contribution in [1.82, 2.24) is 0 Å². The molecule has 0 aliphatic carbocycles. The van der Waals surface area contributed by atoms with Gasteiger partial charge in [-0.15, -0.1) is 11.6 Å². The first kappa shape index (κ1) is 16.6. The molecule has 0 radical (unpaired) electrons. The lowest BCUT2D eigenvalue weighted by Gasteiger charge is -2.22. The van der Waals surface area contributed by atoms with Crippen molar-refractivity contribution >= 4 is 23.1 Å². The van der Waals surface area contributed by atoms with Crippen molar-refractivity contribution in [2.75, 3.05) is 5.73 Å². The van der Waals surface area contributed by atoms with Gasteiger partial charge in [-0.2, -0.15) is 0 Å². The number of carbonyl (C=O) groups excluding carboxylic acids is 1. The molecule has 0 fully saturated rings. The third-order valence-electron chi connectivity index (χ3n) is 3.73. The topological polar surface area (TPSA) is 43.1 Å². The summed E-state index contributed by atoms with van der Waals surface area (Å²) in [6.45, 7) is 7.65. The van der Waals surface area contributed by atoms with Gasteiger partial charge in [0.1, 0.15) is 5.38 Å². The van der Waals surface area contributed by atoms with Crippen LogP contribution in [-0.4, -0.2) is 5.78 Å². The highest BCUT2D eigenvalue weighted by Gasteiger charge is 2.30. The average Bonchev–Trinajstić information content (AvgIpc) is 2.44. The Hall–Kier alpha value is -1.80. The van der Waals surface area contributed by atoms with E-state index in [1.54, 1.807) is 0 Å². The quantitative estimate of drug-likeness (QED) is 0.629. The zero-order valence-electron chi connectivity index (χ0n) is 13.5. The highest BCUT2D eigenvalue weighted by Crippen LogP contribution is 2.34. The molecule has 0 spiro atoms. The fourth-order valence-electron chi connectivity index (χ4n) is 2.38. The Balaban J connectivity index is 2.37. The van der Waals surface area contributed by atoms with Crippen LogP contribution in [0.25, 0.3) is 11.1 Å². The summed E-state index contributed by atoms with van der Waals surface area (Å²) >= 11 is 6.40. The molecular weight excluding hydrogens is 294 g/mol. The number of benzene rings is 2. The highest BCUT2D eigenvalue weighted by atomic mass is 35.5. The van der Waals surface area contributed by atoms with Gasteiger partial charge in [0.05, 0.1) is 0 Å². The molecule has 0 aliphatic rings. The Morgan fingerprint density at radius 3 is 2.27 bits per heavy atom. The van der Waals surface area contributed by atoms with Crippen LogP contribution in [0.15, 0.2) is 42.5 Å². The SMILES string of the molecule is Cc1cc(-c2cccc(N)c2)ccc1C(Cl)C(=O)C(C)(C)C. The number of alkyl halides is 1. The maximum Gasteiger partial charge on any atom is 0.160 e. The second-order valence-corrected chi connectivity index (χ2v) is 7.11. The van der Waals surface area contributed by atoms with Gasteiger partial charge >= 0.3 is 0 Å². The summed E-state index contributed by atoms with van der Waals surface area (Å²) in [6, 6.07) is 13.7. The van der Waals surface area contributed by atoms with Crippen molar-refractivity contribution in [2.24, 2.45) is 5.41 Å². The lowest BCUT2D eigenvalue weighted by Crippen LogP contribution is -2.24. The smallest absolute Gasteiger partial charge is 0.160 e. The first-order valence-corrected chi connectivity index (χ1v) is 7.78. The van der Waals surface area contributed by atoms with E-state index in [0.29, 0.717) is 0 Å². The summed E-state index contributed by atoms with van der Waals surface area (Å²) in [5.74, 6) is 0.0361. The minimum absolute atomic E-state index is 0.0361. The molecule has 0 heterocycles. The van der Waals surface area contributed by atoms with Crippen molar-refractivity contribution in [2.45, 2.75) is 33.1 Å². The second kappa shape index (κ2) is 6.13. The fourth-order valence-corrected chi connectivity index (χ4v) is 2.95. The molecule has 2 aromatic rings. The summed E-state index contributed by atoms with van der Waals surface area (Å²) in [5.41, 5.74) is 10.1. The number of hydrogen-bond donors (Lipinski definition) is 1. The van der Waals surface area contributed by atoms with Crippen molar-refractivity contribution < 1.29 is 4.79 Å². The molecule has 2 aromatic carbocycles. The Morgan fingerprint density at radius 2 is 1.73 bits per heavy atom. The third-order valence-corrected chi connectivity index (χ3v) is 4.17. The number of halogens is 1. The molecule has 22 heavy (non-hydrogen) atoms. The van der Waals surface area contributed by atoms with E-state index in [4.69, 9.17) is 17.3 Å². The molecule has 1 unspecified atom stereocenters. The average molecular weight is 316 g/mol. The van der Waals surface area contributed by atoms with Gasteiger partial charge in [-0.3, -0.25) is 4.79 Å². The molecule has 0 aromatic heterocycles. The van der Waals surface area contributed by atoms with Gasteiger partial charge in [0.25, 0.3) is 0 Å². The zero-order chi connectivity index (χ0) is 16.5. The number of nitrogens with two attached hydrogens (primary N) is 1. The molecule has 116 valence electrons. The van der Waals surface area contributed by atoms with Gasteiger partial charge in [0, 0.05) is 11.1 Å². The van der Waals surface area contributed by atoms with E-state index in [1.165, 1.54) is 0 Å². The van der Waals surface area contributed by atoms with Crippen LogP contribution in [0, 0.1) is 12.3 Å². The van der Waals surface area contributed by atoms with Crippen LogP contribution in [0.3, 0.4) is 0 Å². The van der Waals surface area contributed by atoms with E-state index >= 15 is 0 Å². The predicted molar refractivity (Wildman–Crippen MR) is 94.1 cm³/mol. The van der Waals surface area contributed by atoms with Crippen LogP contribution in [0.4, 0.5) is 5.69 Å². The summed E-state index contributed by atoms with van der Waals surface area (Å²) in [4.78, 5) is 12.4. The Labute approximate surface area is 137 Å². The van der Waals surface area contributed by atoms with Crippen LogP contribution < -0.4 is 5.73 Å². The van der Waals surface area contributed by atoms with Gasteiger partial charge in [-0.1, -0.05) is 51.1 Å². The molecule has 0 saturated heterocycles. The van der Waals surface area contributed by atoms with Gasteiger partial charge in [0.2, 0.25) is 0 Å². The third kappa shape index (κ3) is 3.50. The minimum atomic E-state index is -0.616. The van der Waals surface area contributed by atoms with Crippen molar-refractivity contribution in [3.8, 4) is 11.1 Å². The molecule has 2 nitrogen and oxygen atoms in total. The molecule has 0 aliphatic heterocycles. The standard InChI is InChI=1S/C19H22ClNO/c1-12-10-14(13-6-5-7-15(21)11-13)8-9-16(12)17(20)18(22)19(2,3)4/h5-11,17H,21H2,1-4H3. The summed E-state index contributed by atoms with van der Waals surface area (Å²) in [7, 11) is 0. The minimum Gasteiger partial charge on any atom is -0.399 e. The van der Waals surface area contributed by atoms with Crippen LogP contribution in [-0.2, 0) is 4.79 Å². The number of Topliss-reactive ketones (excluding diaryl/α,β-unsaturated/α-hetero) is 1. The molecule has 0 amide bonds. The molecule has 1 atom stereocenters. The zero-order valence-corrected chi connectivity index (χ0v) is 14.2. The first-order valence-electron chi connectivity index (χ1n) is 7.35. The van der Waals surface area contributed by atoms with Gasteiger partial charge in [-0.05, 0) is 41.3 Å². The molecule has 3 heteroatoms. The maximum atomic E-state index is 12.4. The van der Waals surface area contributed by atoms with E-state index in [2.05, 4.69) is 6.07 Å². The van der Waals surface area contributed by atoms with Gasteiger partial charge < -0.3 is 5.73 Å². The number of anilines is 1. The maximum absolute atomic E-state index is 12.4. The number of nitrogen functional groups attached to an aromatic ring is 1. The van der Waals surface area contributed by atoms with Crippen molar-refractivity contribution in [3.05, 3.63) is 53.6 Å². The Morgan fingerprint density at radius 1 is 1.09 bits per heavy atom. The van der Waals surface area contributed by atoms with Crippen molar-refractivity contribution in [1.29, 1.82) is 0 Å². The molecular formula is C19H22ClNO. The van der Waals surface area contributed by atoms with E-state index < -0.39 is 10.8 Å². The fraction of sp³-hybridized carbons (Fsp3) is 0.316. The predicted octanol–water partition coefficient (Wildman–Crippen LogP) is 5.14. The number of ketones is 1. The summed E-state index contributed by atoms with van der Waals surface area (Å²) in [6.07, 6.45) is 0. The van der Waals surface area contributed by atoms with Crippen LogP contribution >= 0.6 is 11.6 Å².